The maximum absolute atomic E-state index is 11.6. The predicted octanol–water partition coefficient (Wildman–Crippen LogP) is 1.46. The molecule has 2 unspecified atom stereocenters. The SMILES string of the molecule is CC(C)C(=O)N1CC(OI)[C@H](P)C1. The van der Waals surface area contributed by atoms with Crippen LogP contribution in [0.15, 0.2) is 0 Å². The van der Waals surface area contributed by atoms with Crippen molar-refractivity contribution in [3.8, 4) is 0 Å². The van der Waals surface area contributed by atoms with Gasteiger partial charge >= 0.3 is 0 Å². The van der Waals surface area contributed by atoms with E-state index >= 15 is 0 Å². The van der Waals surface area contributed by atoms with E-state index in [1.165, 1.54) is 0 Å². The highest BCUT2D eigenvalue weighted by Crippen LogP contribution is 2.23. The lowest BCUT2D eigenvalue weighted by Crippen LogP contribution is -2.33. The average Bonchev–Trinajstić information content (AvgIpc) is 2.45. The van der Waals surface area contributed by atoms with Crippen molar-refractivity contribution >= 4 is 38.2 Å². The summed E-state index contributed by atoms with van der Waals surface area (Å²) >= 11 is 1.90. The van der Waals surface area contributed by atoms with Crippen molar-refractivity contribution < 1.29 is 7.86 Å². The molecule has 0 aromatic heterocycles. The van der Waals surface area contributed by atoms with Crippen LogP contribution < -0.4 is 0 Å². The Balaban J connectivity index is 2.53. The zero-order valence-corrected chi connectivity index (χ0v) is 11.2. The normalized spacial score (nSPS) is 28.5. The summed E-state index contributed by atoms with van der Waals surface area (Å²) in [6.45, 7) is 5.39. The fourth-order valence-electron chi connectivity index (χ4n) is 1.44. The first-order valence-electron chi connectivity index (χ1n) is 4.38. The van der Waals surface area contributed by atoms with Crippen molar-refractivity contribution in [1.29, 1.82) is 0 Å². The van der Waals surface area contributed by atoms with Gasteiger partial charge < -0.3 is 7.97 Å². The van der Waals surface area contributed by atoms with Crippen molar-refractivity contribution in [2.45, 2.75) is 25.6 Å². The van der Waals surface area contributed by atoms with Crippen LogP contribution >= 0.6 is 32.2 Å². The van der Waals surface area contributed by atoms with Crippen LogP contribution in [0.4, 0.5) is 0 Å². The minimum absolute atomic E-state index is 0.0881. The molecular formula is C8H15INO2P. The molecule has 0 aromatic carbocycles. The molecule has 3 atom stereocenters. The second-order valence-corrected chi connectivity index (χ2v) is 5.05. The minimum atomic E-state index is 0.0881. The molecule has 0 spiro atoms. The minimum Gasteiger partial charge on any atom is -0.339 e. The monoisotopic (exact) mass is 315 g/mol. The summed E-state index contributed by atoms with van der Waals surface area (Å²) in [6, 6.07) is 0. The molecule has 1 heterocycles. The largest absolute Gasteiger partial charge is 0.339 e. The molecule has 0 aromatic rings. The third-order valence-electron chi connectivity index (χ3n) is 2.23. The van der Waals surface area contributed by atoms with E-state index in [2.05, 4.69) is 9.24 Å². The van der Waals surface area contributed by atoms with E-state index in [4.69, 9.17) is 3.07 Å². The van der Waals surface area contributed by atoms with Crippen molar-refractivity contribution in [3.05, 3.63) is 0 Å². The van der Waals surface area contributed by atoms with Gasteiger partial charge in [-0.2, -0.15) is 0 Å². The van der Waals surface area contributed by atoms with Gasteiger partial charge in [0.2, 0.25) is 5.91 Å². The van der Waals surface area contributed by atoms with Gasteiger partial charge in [0.05, 0.1) is 6.10 Å². The van der Waals surface area contributed by atoms with Crippen molar-refractivity contribution in [2.24, 2.45) is 5.92 Å². The quantitative estimate of drug-likeness (QED) is 0.570. The molecule has 1 rings (SSSR count). The predicted molar refractivity (Wildman–Crippen MR) is 63.8 cm³/mol. The van der Waals surface area contributed by atoms with E-state index in [1.54, 1.807) is 0 Å². The molecular weight excluding hydrogens is 300 g/mol. The van der Waals surface area contributed by atoms with Crippen LogP contribution in [0.1, 0.15) is 13.8 Å². The van der Waals surface area contributed by atoms with Crippen LogP contribution in [0.3, 0.4) is 0 Å². The molecule has 0 N–H and O–H groups in total. The Bertz CT molecular complexity index is 201. The third kappa shape index (κ3) is 2.77. The highest BCUT2D eigenvalue weighted by atomic mass is 127. The van der Waals surface area contributed by atoms with Crippen molar-refractivity contribution in [2.75, 3.05) is 13.1 Å². The third-order valence-corrected chi connectivity index (χ3v) is 3.52. The van der Waals surface area contributed by atoms with E-state index in [1.807, 2.05) is 41.8 Å². The lowest BCUT2D eigenvalue weighted by atomic mass is 10.2. The molecule has 1 fully saturated rings. The van der Waals surface area contributed by atoms with E-state index in [0.717, 1.165) is 13.1 Å². The molecule has 0 bridgehead atoms. The van der Waals surface area contributed by atoms with E-state index in [9.17, 15) is 4.79 Å². The van der Waals surface area contributed by atoms with Crippen LogP contribution in [0.2, 0.25) is 0 Å². The van der Waals surface area contributed by atoms with E-state index < -0.39 is 0 Å². The zero-order valence-electron chi connectivity index (χ0n) is 7.87. The van der Waals surface area contributed by atoms with Crippen LogP contribution in [0.25, 0.3) is 0 Å². The number of hydrogen-bond donors (Lipinski definition) is 0. The van der Waals surface area contributed by atoms with E-state index in [-0.39, 0.29) is 17.9 Å². The zero-order chi connectivity index (χ0) is 10.0. The topological polar surface area (TPSA) is 29.5 Å². The van der Waals surface area contributed by atoms with Gasteiger partial charge in [-0.25, -0.2) is 0 Å². The van der Waals surface area contributed by atoms with Crippen LogP contribution in [0.5, 0.6) is 0 Å². The Morgan fingerprint density at radius 3 is 2.62 bits per heavy atom. The Kier molecular flexibility index (Phi) is 4.39. The van der Waals surface area contributed by atoms with Gasteiger partial charge in [0.25, 0.3) is 0 Å². The molecule has 0 aliphatic carbocycles. The van der Waals surface area contributed by atoms with Crippen molar-refractivity contribution in [1.82, 2.24) is 4.90 Å². The second kappa shape index (κ2) is 4.89. The molecule has 1 aliphatic rings. The Morgan fingerprint density at radius 2 is 2.23 bits per heavy atom. The molecule has 13 heavy (non-hydrogen) atoms. The first kappa shape index (κ1) is 11.7. The van der Waals surface area contributed by atoms with Crippen molar-refractivity contribution in [3.63, 3.8) is 0 Å². The fourth-order valence-corrected chi connectivity index (χ4v) is 2.75. The van der Waals surface area contributed by atoms with Crippen LogP contribution in [0, 0.1) is 5.92 Å². The number of rotatable bonds is 2. The van der Waals surface area contributed by atoms with E-state index in [0.29, 0.717) is 5.66 Å². The first-order valence-corrected chi connectivity index (χ1v) is 5.92. The van der Waals surface area contributed by atoms with Crippen LogP contribution in [-0.2, 0) is 7.86 Å². The first-order chi connectivity index (χ1) is 6.06. The number of amides is 1. The molecule has 1 amide bonds. The summed E-state index contributed by atoms with van der Waals surface area (Å²) in [5.74, 6) is 0.313. The van der Waals surface area contributed by atoms with Crippen LogP contribution in [-0.4, -0.2) is 35.7 Å². The van der Waals surface area contributed by atoms with Gasteiger partial charge in [-0.3, -0.25) is 4.79 Å². The summed E-state index contributed by atoms with van der Waals surface area (Å²) in [5, 5.41) is 0. The lowest BCUT2D eigenvalue weighted by molar-refractivity contribution is -0.133. The summed E-state index contributed by atoms with van der Waals surface area (Å²) in [4.78, 5) is 13.5. The van der Waals surface area contributed by atoms with Gasteiger partial charge in [0, 0.05) is 24.7 Å². The van der Waals surface area contributed by atoms with Gasteiger partial charge in [-0.1, -0.05) is 13.8 Å². The Hall–Kier alpha value is 0.590. The number of carbonyl (C=O) groups excluding carboxylic acids is 1. The standard InChI is InChI=1S/C8H15INO2P/c1-5(2)8(11)10-3-6(12-9)7(13)4-10/h5-7H,3-4,13H2,1-2H3/t6?,7-/m1/s1. The van der Waals surface area contributed by atoms with Gasteiger partial charge in [0.15, 0.2) is 0 Å². The summed E-state index contributed by atoms with van der Waals surface area (Å²) in [5.41, 5.74) is 0.375. The highest BCUT2D eigenvalue weighted by Gasteiger charge is 2.33. The smallest absolute Gasteiger partial charge is 0.225 e. The number of halogens is 1. The van der Waals surface area contributed by atoms with Gasteiger partial charge in [0.1, 0.15) is 23.0 Å². The summed E-state index contributed by atoms with van der Waals surface area (Å²) in [6.07, 6.45) is 0.174. The van der Waals surface area contributed by atoms with Gasteiger partial charge in [-0.05, 0) is 0 Å². The maximum atomic E-state index is 11.6. The number of hydrogen-bond acceptors (Lipinski definition) is 2. The maximum Gasteiger partial charge on any atom is 0.225 e. The lowest BCUT2D eigenvalue weighted by Gasteiger charge is -2.17. The number of likely N-dealkylation sites (tertiary alicyclic amines) is 1. The number of nitrogens with zero attached hydrogens (tertiary/aromatic N) is 1. The Morgan fingerprint density at radius 1 is 1.62 bits per heavy atom. The Labute approximate surface area is 95.5 Å². The molecule has 0 radical (unpaired) electrons. The number of carbonyl (C=O) groups is 1. The highest BCUT2D eigenvalue weighted by molar-refractivity contribution is 14.1. The molecule has 1 saturated heterocycles. The molecule has 76 valence electrons. The summed E-state index contributed by atoms with van der Waals surface area (Å²) < 4.78 is 5.24. The fraction of sp³-hybridized carbons (Fsp3) is 0.875. The molecule has 5 heteroatoms. The molecule has 3 nitrogen and oxygen atoms in total. The molecule has 1 aliphatic heterocycles. The second-order valence-electron chi connectivity index (χ2n) is 3.69. The molecule has 0 saturated carbocycles. The van der Waals surface area contributed by atoms with Gasteiger partial charge in [-0.15, -0.1) is 9.24 Å². The average molecular weight is 315 g/mol. The summed E-state index contributed by atoms with van der Waals surface area (Å²) in [7, 11) is 2.73.